The summed E-state index contributed by atoms with van der Waals surface area (Å²) in [5.74, 6) is -0.590. The first-order valence-corrected chi connectivity index (χ1v) is 9.67. The van der Waals surface area contributed by atoms with Crippen LogP contribution in [0.15, 0.2) is 60.7 Å². The topological polar surface area (TPSA) is 77.3 Å². The van der Waals surface area contributed by atoms with Gasteiger partial charge in [0.05, 0.1) is 18.7 Å². The number of nitrogens with zero attached hydrogens (tertiary/aromatic N) is 4. The van der Waals surface area contributed by atoms with Gasteiger partial charge in [0.15, 0.2) is 5.69 Å². The van der Waals surface area contributed by atoms with Gasteiger partial charge in [0, 0.05) is 18.7 Å². The molecule has 3 rings (SSSR count). The molecule has 0 aliphatic carbocycles. The molecule has 0 aliphatic rings. The first kappa shape index (κ1) is 20.3. The van der Waals surface area contributed by atoms with Crippen LogP contribution in [0.25, 0.3) is 16.9 Å². The first-order chi connectivity index (χ1) is 14.2. The fourth-order valence-corrected chi connectivity index (χ4v) is 3.04. The second-order valence-electron chi connectivity index (χ2n) is 6.34. The fourth-order valence-electron chi connectivity index (χ4n) is 3.04. The Hall–Kier alpha value is -3.48. The van der Waals surface area contributed by atoms with Crippen LogP contribution in [-0.2, 0) is 9.53 Å². The molecule has 0 spiro atoms. The number of amides is 1. The van der Waals surface area contributed by atoms with Crippen LogP contribution >= 0.6 is 0 Å². The van der Waals surface area contributed by atoms with Crippen molar-refractivity contribution >= 4 is 11.9 Å². The Kier molecular flexibility index (Phi) is 6.73. The molecule has 1 heterocycles. The Bertz CT molecular complexity index is 955. The summed E-state index contributed by atoms with van der Waals surface area (Å²) in [6.45, 7) is 4.66. The number of hydrogen-bond donors (Lipinski definition) is 0. The Morgan fingerprint density at radius 1 is 1.00 bits per heavy atom. The number of carbonyl (C=O) groups excluding carboxylic acids is 2. The molecule has 29 heavy (non-hydrogen) atoms. The zero-order chi connectivity index (χ0) is 20.6. The van der Waals surface area contributed by atoms with Gasteiger partial charge in [-0.1, -0.05) is 53.7 Å². The smallest absolute Gasteiger partial charge is 0.307 e. The predicted molar refractivity (Wildman–Crippen MR) is 110 cm³/mol. The fraction of sp³-hybridized carbons (Fsp3) is 0.273. The van der Waals surface area contributed by atoms with E-state index in [2.05, 4.69) is 10.3 Å². The van der Waals surface area contributed by atoms with Crippen molar-refractivity contribution in [3.05, 3.63) is 66.4 Å². The van der Waals surface area contributed by atoms with Crippen molar-refractivity contribution in [3.63, 3.8) is 0 Å². The van der Waals surface area contributed by atoms with Crippen molar-refractivity contribution in [3.8, 4) is 16.9 Å². The highest BCUT2D eigenvalue weighted by Gasteiger charge is 2.26. The minimum atomic E-state index is -0.324. The van der Waals surface area contributed by atoms with Crippen LogP contribution in [0, 0.1) is 0 Å². The summed E-state index contributed by atoms with van der Waals surface area (Å²) in [6, 6.07) is 19.1. The lowest BCUT2D eigenvalue weighted by Crippen LogP contribution is -2.33. The zero-order valence-corrected chi connectivity index (χ0v) is 16.6. The quantitative estimate of drug-likeness (QED) is 0.550. The SMILES string of the molecule is CCOC(=O)CCN(CC)C(=O)c1nnn(-c2ccccc2)c1-c1ccccc1. The summed E-state index contributed by atoms with van der Waals surface area (Å²) in [5, 5.41) is 8.46. The Balaban J connectivity index is 1.97. The predicted octanol–water partition coefficient (Wildman–Crippen LogP) is 3.35. The molecule has 7 heteroatoms. The molecule has 3 aromatic rings. The number of aromatic nitrogens is 3. The second kappa shape index (κ2) is 9.64. The van der Waals surface area contributed by atoms with Crippen LogP contribution in [0.1, 0.15) is 30.8 Å². The molecule has 0 atom stereocenters. The van der Waals surface area contributed by atoms with Gasteiger partial charge in [-0.2, -0.15) is 0 Å². The lowest BCUT2D eigenvalue weighted by Gasteiger charge is -2.20. The van der Waals surface area contributed by atoms with Crippen LogP contribution in [0.3, 0.4) is 0 Å². The van der Waals surface area contributed by atoms with E-state index in [4.69, 9.17) is 4.74 Å². The summed E-state index contributed by atoms with van der Waals surface area (Å²) in [7, 11) is 0. The number of para-hydroxylation sites is 1. The lowest BCUT2D eigenvalue weighted by molar-refractivity contribution is -0.143. The zero-order valence-electron chi connectivity index (χ0n) is 16.6. The molecule has 1 amide bonds. The molecule has 0 saturated carbocycles. The van der Waals surface area contributed by atoms with E-state index in [0.717, 1.165) is 11.3 Å². The van der Waals surface area contributed by atoms with Crippen LogP contribution < -0.4 is 0 Å². The number of rotatable bonds is 8. The summed E-state index contributed by atoms with van der Waals surface area (Å²) < 4.78 is 6.64. The van der Waals surface area contributed by atoms with Crippen molar-refractivity contribution in [2.45, 2.75) is 20.3 Å². The van der Waals surface area contributed by atoms with Crippen molar-refractivity contribution < 1.29 is 14.3 Å². The largest absolute Gasteiger partial charge is 0.466 e. The molecule has 150 valence electrons. The highest BCUT2D eigenvalue weighted by molar-refractivity contribution is 5.98. The molecule has 0 radical (unpaired) electrons. The average molecular weight is 392 g/mol. The molecule has 0 saturated heterocycles. The van der Waals surface area contributed by atoms with Gasteiger partial charge in [-0.15, -0.1) is 5.10 Å². The Morgan fingerprint density at radius 3 is 2.28 bits per heavy atom. The van der Waals surface area contributed by atoms with E-state index in [1.807, 2.05) is 67.6 Å². The molecule has 0 fully saturated rings. The maximum atomic E-state index is 13.2. The lowest BCUT2D eigenvalue weighted by atomic mass is 10.1. The molecule has 2 aromatic carbocycles. The van der Waals surface area contributed by atoms with E-state index >= 15 is 0 Å². The molecule has 1 aromatic heterocycles. The van der Waals surface area contributed by atoms with Crippen molar-refractivity contribution in [1.82, 2.24) is 19.9 Å². The highest BCUT2D eigenvalue weighted by Crippen LogP contribution is 2.26. The van der Waals surface area contributed by atoms with E-state index in [-0.39, 0.29) is 30.5 Å². The van der Waals surface area contributed by atoms with E-state index in [1.165, 1.54) is 0 Å². The number of hydrogen-bond acceptors (Lipinski definition) is 5. The number of esters is 1. The molecule has 0 N–H and O–H groups in total. The molecule has 0 unspecified atom stereocenters. The third-order valence-electron chi connectivity index (χ3n) is 4.48. The second-order valence-corrected chi connectivity index (χ2v) is 6.34. The van der Waals surface area contributed by atoms with Crippen LogP contribution in [0.2, 0.25) is 0 Å². The molecule has 7 nitrogen and oxygen atoms in total. The van der Waals surface area contributed by atoms with Crippen molar-refractivity contribution in [2.75, 3.05) is 19.7 Å². The first-order valence-electron chi connectivity index (χ1n) is 9.67. The molecule has 0 bridgehead atoms. The molecular weight excluding hydrogens is 368 g/mol. The minimum absolute atomic E-state index is 0.140. The van der Waals surface area contributed by atoms with Crippen LogP contribution in [0.5, 0.6) is 0 Å². The average Bonchev–Trinajstić information content (AvgIpc) is 3.20. The van der Waals surface area contributed by atoms with E-state index < -0.39 is 0 Å². The highest BCUT2D eigenvalue weighted by atomic mass is 16.5. The van der Waals surface area contributed by atoms with E-state index in [0.29, 0.717) is 18.8 Å². The summed E-state index contributed by atoms with van der Waals surface area (Å²) in [4.78, 5) is 26.5. The summed E-state index contributed by atoms with van der Waals surface area (Å²) in [6.07, 6.45) is 0.140. The van der Waals surface area contributed by atoms with Gasteiger partial charge < -0.3 is 9.64 Å². The standard InChI is InChI=1S/C22H24N4O3/c1-3-25(16-15-19(27)29-4-2)22(28)20-21(17-11-7-5-8-12-17)26(24-23-20)18-13-9-6-10-14-18/h5-14H,3-4,15-16H2,1-2H3. The van der Waals surface area contributed by atoms with E-state index in [1.54, 1.807) is 16.5 Å². The third kappa shape index (κ3) is 4.68. The molecular formula is C22H24N4O3. The van der Waals surface area contributed by atoms with Gasteiger partial charge in [0.1, 0.15) is 5.69 Å². The summed E-state index contributed by atoms with van der Waals surface area (Å²) >= 11 is 0. The molecule has 0 aliphatic heterocycles. The van der Waals surface area contributed by atoms with Gasteiger partial charge in [-0.25, -0.2) is 4.68 Å². The van der Waals surface area contributed by atoms with Gasteiger partial charge in [-0.3, -0.25) is 9.59 Å². The maximum Gasteiger partial charge on any atom is 0.307 e. The van der Waals surface area contributed by atoms with Gasteiger partial charge in [0.2, 0.25) is 0 Å². The van der Waals surface area contributed by atoms with Crippen molar-refractivity contribution in [2.24, 2.45) is 0 Å². The van der Waals surface area contributed by atoms with Crippen molar-refractivity contribution in [1.29, 1.82) is 0 Å². The van der Waals surface area contributed by atoms with Gasteiger partial charge >= 0.3 is 5.97 Å². The van der Waals surface area contributed by atoms with Crippen LogP contribution in [-0.4, -0.2) is 51.5 Å². The normalized spacial score (nSPS) is 10.6. The Morgan fingerprint density at radius 2 is 1.66 bits per heavy atom. The number of carbonyl (C=O) groups is 2. The van der Waals surface area contributed by atoms with Gasteiger partial charge in [-0.05, 0) is 26.0 Å². The maximum absolute atomic E-state index is 13.2. The van der Waals surface area contributed by atoms with E-state index in [9.17, 15) is 9.59 Å². The van der Waals surface area contributed by atoms with Gasteiger partial charge in [0.25, 0.3) is 5.91 Å². The third-order valence-corrected chi connectivity index (χ3v) is 4.48. The monoisotopic (exact) mass is 392 g/mol. The number of ether oxygens (including phenoxy) is 1. The Labute approximate surface area is 169 Å². The van der Waals surface area contributed by atoms with Crippen LogP contribution in [0.4, 0.5) is 0 Å². The summed E-state index contributed by atoms with van der Waals surface area (Å²) in [5.41, 5.74) is 2.53. The number of benzene rings is 2. The minimum Gasteiger partial charge on any atom is -0.466 e.